The fourth-order valence-corrected chi connectivity index (χ4v) is 4.95. The highest BCUT2D eigenvalue weighted by Gasteiger charge is 2.42. The van der Waals surface area contributed by atoms with E-state index in [0.717, 1.165) is 61.7 Å². The highest BCUT2D eigenvalue weighted by molar-refractivity contribution is 6.00. The smallest absolute Gasteiger partial charge is 0.273 e. The minimum absolute atomic E-state index is 0.0716. The fraction of sp³-hybridized carbons (Fsp3) is 0.385. The molecule has 1 fully saturated rings. The molecule has 2 N–H and O–H groups in total. The van der Waals surface area contributed by atoms with Gasteiger partial charge in [0.25, 0.3) is 5.91 Å². The number of amides is 1. The van der Waals surface area contributed by atoms with Gasteiger partial charge in [0.05, 0.1) is 39.2 Å². The van der Waals surface area contributed by atoms with E-state index in [1.807, 2.05) is 35.2 Å². The van der Waals surface area contributed by atoms with Crippen LogP contribution in [0.3, 0.4) is 0 Å². The van der Waals surface area contributed by atoms with Crippen LogP contribution < -0.4 is 9.47 Å². The molecule has 35 heavy (non-hydrogen) atoms. The molecular weight excluding hydrogens is 448 g/mol. The molecule has 2 aliphatic rings. The lowest BCUT2D eigenvalue weighted by Gasteiger charge is -2.30. The fourth-order valence-electron chi connectivity index (χ4n) is 4.95. The first-order valence-corrected chi connectivity index (χ1v) is 11.8. The topological polar surface area (TPSA) is 100 Å². The molecule has 0 bridgehead atoms. The molecule has 0 radical (unpaired) electrons. The van der Waals surface area contributed by atoms with Crippen LogP contribution in [0.25, 0.3) is 11.3 Å². The van der Waals surface area contributed by atoms with E-state index in [1.165, 1.54) is 14.2 Å². The number of methoxy groups -OCH3 is 2. The lowest BCUT2D eigenvalue weighted by Crippen LogP contribution is -2.38. The van der Waals surface area contributed by atoms with Gasteiger partial charge in [-0.2, -0.15) is 5.10 Å². The Balaban J connectivity index is 1.54. The zero-order valence-corrected chi connectivity index (χ0v) is 20.0. The van der Waals surface area contributed by atoms with Crippen molar-refractivity contribution in [2.24, 2.45) is 0 Å². The number of rotatable bonds is 8. The maximum Gasteiger partial charge on any atom is 0.273 e. The van der Waals surface area contributed by atoms with E-state index in [1.54, 1.807) is 12.1 Å². The predicted octanol–water partition coefficient (Wildman–Crippen LogP) is 3.07. The van der Waals surface area contributed by atoms with Crippen molar-refractivity contribution < 1.29 is 24.1 Å². The van der Waals surface area contributed by atoms with Gasteiger partial charge in [-0.15, -0.1) is 0 Å². The molecule has 5 rings (SSSR count). The van der Waals surface area contributed by atoms with Crippen molar-refractivity contribution in [2.75, 3.05) is 53.6 Å². The molecule has 1 unspecified atom stereocenters. The molecule has 0 aliphatic carbocycles. The Hall–Kier alpha value is -3.56. The summed E-state index contributed by atoms with van der Waals surface area (Å²) in [7, 11) is 2.99. The molecule has 2 aromatic carbocycles. The van der Waals surface area contributed by atoms with Crippen molar-refractivity contribution in [1.82, 2.24) is 20.0 Å². The lowest BCUT2D eigenvalue weighted by atomic mass is 9.95. The van der Waals surface area contributed by atoms with Crippen molar-refractivity contribution >= 4 is 5.91 Å². The van der Waals surface area contributed by atoms with Crippen LogP contribution in [0.1, 0.15) is 34.1 Å². The van der Waals surface area contributed by atoms with Crippen LogP contribution in [0, 0.1) is 0 Å². The number of nitrogens with zero attached hydrogens (tertiary/aromatic N) is 3. The third-order valence-corrected chi connectivity index (χ3v) is 6.71. The predicted molar refractivity (Wildman–Crippen MR) is 130 cm³/mol. The van der Waals surface area contributed by atoms with Crippen LogP contribution in [-0.4, -0.2) is 84.6 Å². The maximum absolute atomic E-state index is 13.6. The highest BCUT2D eigenvalue weighted by atomic mass is 16.5. The number of aromatic hydroxyl groups is 1. The first-order chi connectivity index (χ1) is 17.1. The molecule has 0 spiro atoms. The normalized spacial score (nSPS) is 18.1. The van der Waals surface area contributed by atoms with Gasteiger partial charge in [0.2, 0.25) is 5.75 Å². The number of phenolic OH excluding ortho intramolecular Hbond substituents is 1. The van der Waals surface area contributed by atoms with E-state index >= 15 is 0 Å². The van der Waals surface area contributed by atoms with Crippen LogP contribution in [0.5, 0.6) is 17.2 Å². The van der Waals surface area contributed by atoms with Gasteiger partial charge >= 0.3 is 0 Å². The number of carbonyl (C=O) groups excluding carboxylic acids is 1. The molecule has 184 valence electrons. The van der Waals surface area contributed by atoms with Crippen molar-refractivity contribution in [1.29, 1.82) is 0 Å². The van der Waals surface area contributed by atoms with Crippen molar-refractivity contribution in [3.05, 3.63) is 59.3 Å². The molecule has 3 aromatic rings. The largest absolute Gasteiger partial charge is 0.502 e. The Morgan fingerprint density at radius 3 is 2.43 bits per heavy atom. The van der Waals surface area contributed by atoms with E-state index in [-0.39, 0.29) is 11.7 Å². The zero-order valence-electron chi connectivity index (χ0n) is 20.0. The van der Waals surface area contributed by atoms with Crippen LogP contribution in [-0.2, 0) is 4.74 Å². The van der Waals surface area contributed by atoms with Crippen LogP contribution in [0.15, 0.2) is 42.5 Å². The van der Waals surface area contributed by atoms with Gasteiger partial charge in [0.1, 0.15) is 5.69 Å². The summed E-state index contributed by atoms with van der Waals surface area (Å²) in [6.45, 7) is 4.77. The Morgan fingerprint density at radius 1 is 1.09 bits per heavy atom. The van der Waals surface area contributed by atoms with Crippen LogP contribution in [0.4, 0.5) is 0 Å². The number of aromatic nitrogens is 2. The summed E-state index contributed by atoms with van der Waals surface area (Å²) < 4.78 is 16.3. The van der Waals surface area contributed by atoms with Crippen molar-refractivity contribution in [3.8, 4) is 28.5 Å². The molecule has 1 amide bonds. The van der Waals surface area contributed by atoms with Gasteiger partial charge in [-0.3, -0.25) is 14.8 Å². The average Bonchev–Trinajstić information content (AvgIpc) is 3.44. The second-order valence-electron chi connectivity index (χ2n) is 8.71. The summed E-state index contributed by atoms with van der Waals surface area (Å²) in [5.41, 5.74) is 3.76. The second-order valence-corrected chi connectivity index (χ2v) is 8.71. The number of nitrogens with one attached hydrogen (secondary N) is 1. The number of aromatic amines is 1. The number of phenols is 1. The summed E-state index contributed by atoms with van der Waals surface area (Å²) in [6, 6.07) is 13.0. The summed E-state index contributed by atoms with van der Waals surface area (Å²) >= 11 is 0. The van der Waals surface area contributed by atoms with Gasteiger partial charge in [0, 0.05) is 37.3 Å². The molecule has 1 aromatic heterocycles. The molecule has 0 saturated carbocycles. The number of H-pyrrole nitrogens is 1. The first kappa shape index (κ1) is 23.2. The van der Waals surface area contributed by atoms with E-state index in [4.69, 9.17) is 14.2 Å². The molecular formula is C26H30N4O5. The van der Waals surface area contributed by atoms with Gasteiger partial charge in [-0.05, 0) is 24.1 Å². The number of morpholine rings is 1. The molecule has 9 heteroatoms. The lowest BCUT2D eigenvalue weighted by molar-refractivity contribution is 0.0354. The number of carbonyl (C=O) groups is 1. The molecule has 1 saturated heterocycles. The van der Waals surface area contributed by atoms with E-state index in [9.17, 15) is 9.90 Å². The molecule has 3 heterocycles. The van der Waals surface area contributed by atoms with Gasteiger partial charge in [-0.1, -0.05) is 30.3 Å². The van der Waals surface area contributed by atoms with Gasteiger partial charge in [0.15, 0.2) is 11.5 Å². The number of hydrogen-bond acceptors (Lipinski definition) is 7. The zero-order chi connectivity index (χ0) is 24.4. The standard InChI is InChI=1S/C26H30N4O5/c1-33-19-15-18(16-20(34-2)25(19)31)24-21-22(17-7-4-3-5-8-17)27-28-23(21)26(32)30(24)10-6-9-29-11-13-35-14-12-29/h3-5,7-8,15-16,24,31H,6,9-14H2,1-2H3,(H,27,28). The number of fused-ring (bicyclic) bond motifs is 1. The molecule has 1 atom stereocenters. The Kier molecular flexibility index (Phi) is 6.61. The average molecular weight is 479 g/mol. The minimum atomic E-state index is -0.403. The first-order valence-electron chi connectivity index (χ1n) is 11.8. The number of benzene rings is 2. The maximum atomic E-state index is 13.6. The quantitative estimate of drug-likeness (QED) is 0.513. The molecule has 2 aliphatic heterocycles. The van der Waals surface area contributed by atoms with Gasteiger partial charge in [-0.25, -0.2) is 0 Å². The third kappa shape index (κ3) is 4.33. The Morgan fingerprint density at radius 2 is 1.77 bits per heavy atom. The van der Waals surface area contributed by atoms with Crippen LogP contribution in [0.2, 0.25) is 0 Å². The SMILES string of the molecule is COc1cc(C2c3c(-c4ccccc4)n[nH]c3C(=O)N2CCCN2CCOCC2)cc(OC)c1O. The van der Waals surface area contributed by atoms with Crippen molar-refractivity contribution in [2.45, 2.75) is 12.5 Å². The van der Waals surface area contributed by atoms with Crippen LogP contribution >= 0.6 is 0 Å². The Labute approximate surface area is 204 Å². The summed E-state index contributed by atoms with van der Waals surface area (Å²) in [5, 5.41) is 18.0. The third-order valence-electron chi connectivity index (χ3n) is 6.71. The molecule has 9 nitrogen and oxygen atoms in total. The number of hydrogen-bond donors (Lipinski definition) is 2. The van der Waals surface area contributed by atoms with E-state index in [2.05, 4.69) is 15.1 Å². The van der Waals surface area contributed by atoms with E-state index in [0.29, 0.717) is 23.7 Å². The monoisotopic (exact) mass is 478 g/mol. The van der Waals surface area contributed by atoms with Crippen molar-refractivity contribution in [3.63, 3.8) is 0 Å². The summed E-state index contributed by atoms with van der Waals surface area (Å²) in [5.74, 6) is 0.418. The van der Waals surface area contributed by atoms with E-state index < -0.39 is 6.04 Å². The Bertz CT molecular complexity index is 1160. The summed E-state index contributed by atoms with van der Waals surface area (Å²) in [6.07, 6.45) is 0.826. The van der Waals surface area contributed by atoms with Gasteiger partial charge < -0.3 is 24.2 Å². The highest BCUT2D eigenvalue weighted by Crippen LogP contribution is 2.47. The second kappa shape index (κ2) is 9.97. The minimum Gasteiger partial charge on any atom is -0.502 e. The summed E-state index contributed by atoms with van der Waals surface area (Å²) in [4.78, 5) is 17.8. The number of ether oxygens (including phenoxy) is 3.